The Morgan fingerprint density at radius 2 is 1.61 bits per heavy atom. The molecule has 1 aliphatic heterocycles. The summed E-state index contributed by atoms with van der Waals surface area (Å²) in [6, 6.07) is 2.59. The largest absolute Gasteiger partial charge is 0.504 e. The van der Waals surface area contributed by atoms with E-state index in [1.54, 1.807) is 0 Å². The Hall–Kier alpha value is -3.75. The van der Waals surface area contributed by atoms with E-state index in [2.05, 4.69) is 0 Å². The molecule has 1 fully saturated rings. The average molecular weight is 534 g/mol. The van der Waals surface area contributed by atoms with E-state index in [4.69, 9.17) is 23.7 Å². The molecular formula is C25H26O13. The highest BCUT2D eigenvalue weighted by Crippen LogP contribution is 2.48. The minimum atomic E-state index is -1.86. The molecule has 2 aromatic carbocycles. The van der Waals surface area contributed by atoms with Crippen molar-refractivity contribution in [1.82, 2.24) is 0 Å². The van der Waals surface area contributed by atoms with Crippen LogP contribution in [-0.2, 0) is 9.47 Å². The standard InChI is InChI=1S/C25H26O13/c1-8-12-15(16(27)9-5-6-10(34-2)17(28)14(9)19(12)30)22(35-3)23(13(8)24(33)36-4)38-25-21(32)20(31)18(29)11(7-26)37-25/h5-6,11,18,20-21,25-26,28-29,31-32H,7H2,1-4H3/t11-,18-,20+,21-,25+/m1/s1. The van der Waals surface area contributed by atoms with Crippen molar-refractivity contribution in [2.24, 2.45) is 0 Å². The summed E-state index contributed by atoms with van der Waals surface area (Å²) in [4.78, 5) is 40.2. The molecule has 4 rings (SSSR count). The highest BCUT2D eigenvalue weighted by atomic mass is 16.7. The summed E-state index contributed by atoms with van der Waals surface area (Å²) in [6.07, 6.45) is -8.43. The number of aliphatic hydroxyl groups excluding tert-OH is 4. The third-order valence-corrected chi connectivity index (χ3v) is 6.62. The first-order chi connectivity index (χ1) is 18.0. The van der Waals surface area contributed by atoms with Gasteiger partial charge in [-0.1, -0.05) is 0 Å². The molecule has 2 aliphatic rings. The van der Waals surface area contributed by atoms with Crippen LogP contribution in [0.15, 0.2) is 12.1 Å². The monoisotopic (exact) mass is 534 g/mol. The maximum atomic E-state index is 13.6. The molecule has 0 spiro atoms. The number of phenols is 1. The summed E-state index contributed by atoms with van der Waals surface area (Å²) >= 11 is 0. The molecule has 5 N–H and O–H groups in total. The third-order valence-electron chi connectivity index (χ3n) is 6.62. The molecule has 13 nitrogen and oxygen atoms in total. The molecule has 0 saturated carbocycles. The van der Waals surface area contributed by atoms with Gasteiger partial charge in [-0.2, -0.15) is 0 Å². The Bertz CT molecular complexity index is 1320. The molecule has 1 aliphatic carbocycles. The number of aliphatic hydroxyl groups is 4. The molecule has 1 heterocycles. The van der Waals surface area contributed by atoms with Gasteiger partial charge in [0, 0.05) is 11.1 Å². The first-order valence-electron chi connectivity index (χ1n) is 11.3. The Morgan fingerprint density at radius 3 is 2.18 bits per heavy atom. The molecule has 0 unspecified atom stereocenters. The Morgan fingerprint density at radius 1 is 0.921 bits per heavy atom. The molecule has 2 aromatic rings. The molecule has 38 heavy (non-hydrogen) atoms. The van der Waals surface area contributed by atoms with Gasteiger partial charge in [-0.05, 0) is 24.6 Å². The zero-order chi connectivity index (χ0) is 28.0. The van der Waals surface area contributed by atoms with E-state index < -0.39 is 66.3 Å². The van der Waals surface area contributed by atoms with Gasteiger partial charge in [0.05, 0.1) is 39.1 Å². The predicted molar refractivity (Wildman–Crippen MR) is 125 cm³/mol. The van der Waals surface area contributed by atoms with Crippen LogP contribution >= 0.6 is 0 Å². The molecule has 0 bridgehead atoms. The van der Waals surface area contributed by atoms with E-state index >= 15 is 0 Å². The predicted octanol–water partition coefficient (Wildman–Crippen LogP) is -0.541. The lowest BCUT2D eigenvalue weighted by molar-refractivity contribution is -0.277. The molecule has 1 saturated heterocycles. The van der Waals surface area contributed by atoms with Crippen LogP contribution < -0.4 is 14.2 Å². The molecular weight excluding hydrogens is 508 g/mol. The van der Waals surface area contributed by atoms with Crippen molar-refractivity contribution in [1.29, 1.82) is 0 Å². The fraction of sp³-hybridized carbons (Fsp3) is 0.400. The van der Waals surface area contributed by atoms with Crippen LogP contribution in [0.1, 0.15) is 47.8 Å². The minimum absolute atomic E-state index is 0.0475. The fourth-order valence-corrected chi connectivity index (χ4v) is 4.68. The number of methoxy groups -OCH3 is 3. The number of benzene rings is 2. The normalized spacial score (nSPS) is 24.4. The number of rotatable bonds is 6. The van der Waals surface area contributed by atoms with Crippen LogP contribution in [0.3, 0.4) is 0 Å². The van der Waals surface area contributed by atoms with Gasteiger partial charge in [-0.15, -0.1) is 0 Å². The van der Waals surface area contributed by atoms with Crippen LogP contribution in [0.2, 0.25) is 0 Å². The molecule has 0 radical (unpaired) electrons. The number of esters is 1. The number of ether oxygens (including phenoxy) is 5. The van der Waals surface area contributed by atoms with E-state index in [1.165, 1.54) is 26.2 Å². The second-order valence-electron chi connectivity index (χ2n) is 8.62. The lowest BCUT2D eigenvalue weighted by Gasteiger charge is -2.40. The molecule has 13 heteroatoms. The smallest absolute Gasteiger partial charge is 0.342 e. The topological polar surface area (TPSA) is 199 Å². The van der Waals surface area contributed by atoms with Crippen LogP contribution in [0.25, 0.3) is 0 Å². The average Bonchev–Trinajstić information content (AvgIpc) is 2.91. The Kier molecular flexibility index (Phi) is 7.32. The van der Waals surface area contributed by atoms with Crippen molar-refractivity contribution < 1.29 is 63.6 Å². The number of ketones is 2. The fourth-order valence-electron chi connectivity index (χ4n) is 4.68. The van der Waals surface area contributed by atoms with Gasteiger partial charge in [-0.25, -0.2) is 4.79 Å². The van der Waals surface area contributed by atoms with Gasteiger partial charge in [0.25, 0.3) is 0 Å². The number of hydrogen-bond donors (Lipinski definition) is 5. The summed E-state index contributed by atoms with van der Waals surface area (Å²) in [5.41, 5.74) is -1.48. The maximum absolute atomic E-state index is 13.6. The van der Waals surface area contributed by atoms with Crippen LogP contribution in [0.5, 0.6) is 23.0 Å². The zero-order valence-electron chi connectivity index (χ0n) is 20.8. The highest BCUT2D eigenvalue weighted by Gasteiger charge is 2.47. The number of fused-ring (bicyclic) bond motifs is 2. The molecule has 204 valence electrons. The van der Waals surface area contributed by atoms with Gasteiger partial charge >= 0.3 is 5.97 Å². The highest BCUT2D eigenvalue weighted by molar-refractivity contribution is 6.31. The zero-order valence-corrected chi connectivity index (χ0v) is 20.8. The van der Waals surface area contributed by atoms with Crippen molar-refractivity contribution in [2.75, 3.05) is 27.9 Å². The van der Waals surface area contributed by atoms with E-state index in [0.29, 0.717) is 0 Å². The van der Waals surface area contributed by atoms with Gasteiger partial charge in [0.1, 0.15) is 30.0 Å². The summed E-state index contributed by atoms with van der Waals surface area (Å²) in [6.45, 7) is 0.601. The third kappa shape index (κ3) is 3.95. The van der Waals surface area contributed by atoms with Gasteiger partial charge in [-0.3, -0.25) is 9.59 Å². The number of hydrogen-bond acceptors (Lipinski definition) is 13. The SMILES string of the molecule is COC(=O)c1c(C)c2c(c(OC)c1O[C@@H]1O[C@H](CO)[C@@H](O)[C@H](O)[C@H]1O)C(=O)c1ccc(OC)c(O)c1C2=O. The summed E-state index contributed by atoms with van der Waals surface area (Å²) in [5, 5.41) is 50.9. The summed E-state index contributed by atoms with van der Waals surface area (Å²) in [7, 11) is 3.48. The van der Waals surface area contributed by atoms with Gasteiger partial charge in [0.15, 0.2) is 34.6 Å². The lowest BCUT2D eigenvalue weighted by atomic mass is 9.79. The van der Waals surface area contributed by atoms with Crippen molar-refractivity contribution in [2.45, 2.75) is 37.6 Å². The first-order valence-corrected chi connectivity index (χ1v) is 11.3. The Balaban J connectivity index is 1.97. The number of aromatic hydroxyl groups is 1. The summed E-state index contributed by atoms with van der Waals surface area (Å²) in [5.74, 6) is -4.01. The Labute approximate surface area is 215 Å². The van der Waals surface area contributed by atoms with E-state index in [1.807, 2.05) is 0 Å². The minimum Gasteiger partial charge on any atom is -0.504 e. The number of carbonyl (C=O) groups is 3. The van der Waals surface area contributed by atoms with Crippen LogP contribution in [-0.4, -0.2) is 102 Å². The number of carbonyl (C=O) groups excluding carboxylic acids is 3. The van der Waals surface area contributed by atoms with Crippen molar-refractivity contribution in [3.8, 4) is 23.0 Å². The van der Waals surface area contributed by atoms with Crippen molar-refractivity contribution >= 4 is 17.5 Å². The summed E-state index contributed by atoms with van der Waals surface area (Å²) < 4.78 is 26.5. The molecule has 0 amide bonds. The quantitative estimate of drug-likeness (QED) is 0.253. The van der Waals surface area contributed by atoms with E-state index in [0.717, 1.165) is 14.2 Å². The van der Waals surface area contributed by atoms with Crippen molar-refractivity contribution in [3.63, 3.8) is 0 Å². The van der Waals surface area contributed by atoms with Crippen molar-refractivity contribution in [3.05, 3.63) is 45.5 Å². The van der Waals surface area contributed by atoms with E-state index in [9.17, 15) is 39.9 Å². The second-order valence-corrected chi connectivity index (χ2v) is 8.62. The maximum Gasteiger partial charge on any atom is 0.342 e. The molecule has 5 atom stereocenters. The van der Waals surface area contributed by atoms with Crippen LogP contribution in [0.4, 0.5) is 0 Å². The van der Waals surface area contributed by atoms with Gasteiger partial charge in [0.2, 0.25) is 6.29 Å². The van der Waals surface area contributed by atoms with E-state index in [-0.39, 0.29) is 44.9 Å². The second kappa shape index (κ2) is 10.2. The van der Waals surface area contributed by atoms with Crippen LogP contribution in [0, 0.1) is 6.92 Å². The molecule has 0 aromatic heterocycles. The first kappa shape index (κ1) is 27.3. The van der Waals surface area contributed by atoms with Gasteiger partial charge < -0.3 is 49.2 Å². The number of phenolic OH excluding ortho intramolecular Hbond substituents is 1. The lowest BCUT2D eigenvalue weighted by Crippen LogP contribution is -2.60.